The summed E-state index contributed by atoms with van der Waals surface area (Å²) in [4.78, 5) is 6.94. The first-order valence-corrected chi connectivity index (χ1v) is 12.3. The van der Waals surface area contributed by atoms with Crippen LogP contribution in [0, 0.1) is 13.8 Å². The second-order valence-electron chi connectivity index (χ2n) is 8.74. The van der Waals surface area contributed by atoms with Gasteiger partial charge in [-0.15, -0.1) is 0 Å². The molecule has 0 amide bonds. The van der Waals surface area contributed by atoms with Gasteiger partial charge in [0, 0.05) is 34.8 Å². The molecule has 1 fully saturated rings. The molecule has 7 heteroatoms. The van der Waals surface area contributed by atoms with Gasteiger partial charge in [0.15, 0.2) is 5.11 Å². The van der Waals surface area contributed by atoms with E-state index in [1.807, 2.05) is 48.7 Å². The number of hydrogen-bond donors (Lipinski definition) is 1. The molecule has 5 nitrogen and oxygen atoms in total. The van der Waals surface area contributed by atoms with Crippen LogP contribution in [0.5, 0.6) is 5.75 Å². The Morgan fingerprint density at radius 1 is 1.03 bits per heavy atom. The van der Waals surface area contributed by atoms with Crippen molar-refractivity contribution in [3.8, 4) is 11.4 Å². The summed E-state index contributed by atoms with van der Waals surface area (Å²) in [6, 6.07) is 24.3. The van der Waals surface area contributed by atoms with Crippen molar-refractivity contribution in [1.82, 2.24) is 19.8 Å². The zero-order chi connectivity index (χ0) is 24.5. The van der Waals surface area contributed by atoms with Crippen LogP contribution >= 0.6 is 23.8 Å². The molecule has 0 spiro atoms. The number of thiocarbonyl (C=S) groups is 1. The maximum Gasteiger partial charge on any atom is 0.170 e. The van der Waals surface area contributed by atoms with Crippen LogP contribution < -0.4 is 10.1 Å². The predicted octanol–water partition coefficient (Wildman–Crippen LogP) is 6.32. The molecule has 3 heterocycles. The lowest BCUT2D eigenvalue weighted by Crippen LogP contribution is -2.29. The average Bonchev–Trinajstić information content (AvgIpc) is 3.34. The number of halogens is 1. The Bertz CT molecular complexity index is 1350. The smallest absolute Gasteiger partial charge is 0.170 e. The lowest BCUT2D eigenvalue weighted by atomic mass is 9.96. The number of pyridine rings is 1. The Kier molecular flexibility index (Phi) is 6.50. The normalized spacial score (nSPS) is 17.5. The minimum Gasteiger partial charge on any atom is -0.497 e. The second-order valence-corrected chi connectivity index (χ2v) is 9.57. The Labute approximate surface area is 216 Å². The maximum atomic E-state index is 6.32. The summed E-state index contributed by atoms with van der Waals surface area (Å²) in [5.74, 6) is 0.837. The molecule has 0 radical (unpaired) electrons. The van der Waals surface area contributed by atoms with Gasteiger partial charge < -0.3 is 19.5 Å². The van der Waals surface area contributed by atoms with E-state index < -0.39 is 0 Å². The van der Waals surface area contributed by atoms with E-state index in [0.717, 1.165) is 34.1 Å². The zero-order valence-corrected chi connectivity index (χ0v) is 21.5. The number of aromatic nitrogens is 2. The third kappa shape index (κ3) is 4.51. The molecule has 1 N–H and O–H groups in total. The fourth-order valence-electron chi connectivity index (χ4n) is 4.94. The number of ether oxygens (including phenoxy) is 1. The maximum absolute atomic E-state index is 6.32. The average molecular weight is 503 g/mol. The fourth-order valence-corrected chi connectivity index (χ4v) is 5.43. The molecule has 35 heavy (non-hydrogen) atoms. The molecule has 2 aromatic carbocycles. The van der Waals surface area contributed by atoms with E-state index in [1.54, 1.807) is 7.11 Å². The van der Waals surface area contributed by atoms with Gasteiger partial charge in [-0.1, -0.05) is 35.9 Å². The molecule has 1 aliphatic rings. The van der Waals surface area contributed by atoms with Crippen molar-refractivity contribution in [2.24, 2.45) is 0 Å². The Morgan fingerprint density at radius 2 is 1.83 bits per heavy atom. The lowest BCUT2D eigenvalue weighted by molar-refractivity contribution is 0.310. The number of aryl methyl sites for hydroxylation is 1. The molecule has 2 aromatic heterocycles. The van der Waals surface area contributed by atoms with Gasteiger partial charge >= 0.3 is 0 Å². The van der Waals surface area contributed by atoms with Crippen molar-refractivity contribution >= 4 is 28.9 Å². The number of nitrogens with zero attached hydrogens (tertiary/aromatic N) is 3. The minimum absolute atomic E-state index is 0.0290. The van der Waals surface area contributed by atoms with E-state index in [9.17, 15) is 0 Å². The largest absolute Gasteiger partial charge is 0.497 e. The van der Waals surface area contributed by atoms with Gasteiger partial charge in [0.1, 0.15) is 5.75 Å². The topological polar surface area (TPSA) is 42.3 Å². The zero-order valence-electron chi connectivity index (χ0n) is 19.9. The van der Waals surface area contributed by atoms with Crippen LogP contribution in [-0.2, 0) is 6.54 Å². The molecule has 2 atom stereocenters. The van der Waals surface area contributed by atoms with Crippen LogP contribution in [0.1, 0.15) is 40.3 Å². The van der Waals surface area contributed by atoms with E-state index >= 15 is 0 Å². The molecule has 0 saturated carbocycles. The van der Waals surface area contributed by atoms with Crippen molar-refractivity contribution in [2.75, 3.05) is 7.11 Å². The molecule has 0 bridgehead atoms. The van der Waals surface area contributed by atoms with Crippen molar-refractivity contribution in [2.45, 2.75) is 32.5 Å². The quantitative estimate of drug-likeness (QED) is 0.312. The van der Waals surface area contributed by atoms with E-state index in [-0.39, 0.29) is 12.1 Å². The van der Waals surface area contributed by atoms with Gasteiger partial charge in [0.25, 0.3) is 0 Å². The summed E-state index contributed by atoms with van der Waals surface area (Å²) < 4.78 is 7.59. The SMILES string of the molecule is COc1ccc(CN2C(=S)N[C@H](c3ccccn3)[C@@H]2c2cc(C)n(-c3cccc(Cl)c3)c2C)cc1. The molecule has 178 valence electrons. The first-order valence-electron chi connectivity index (χ1n) is 11.5. The Hall–Kier alpha value is -3.35. The van der Waals surface area contributed by atoms with Gasteiger partial charge in [0.05, 0.1) is 24.9 Å². The third-order valence-corrected chi connectivity index (χ3v) is 7.15. The van der Waals surface area contributed by atoms with Crippen LogP contribution in [0.2, 0.25) is 5.02 Å². The first kappa shape index (κ1) is 23.4. The van der Waals surface area contributed by atoms with Crippen LogP contribution in [0.15, 0.2) is 79.0 Å². The summed E-state index contributed by atoms with van der Waals surface area (Å²) in [5.41, 5.74) is 6.67. The molecule has 1 aliphatic heterocycles. The highest BCUT2D eigenvalue weighted by Gasteiger charge is 2.41. The van der Waals surface area contributed by atoms with E-state index in [2.05, 4.69) is 63.9 Å². The number of hydrogen-bond acceptors (Lipinski definition) is 3. The van der Waals surface area contributed by atoms with Crippen LogP contribution in [-0.4, -0.2) is 26.7 Å². The summed E-state index contributed by atoms with van der Waals surface area (Å²) in [6.07, 6.45) is 1.83. The van der Waals surface area contributed by atoms with Crippen LogP contribution in [0.25, 0.3) is 5.69 Å². The van der Waals surface area contributed by atoms with E-state index in [4.69, 9.17) is 28.6 Å². The number of rotatable bonds is 6. The van der Waals surface area contributed by atoms with Gasteiger partial charge in [0.2, 0.25) is 0 Å². The highest BCUT2D eigenvalue weighted by Crippen LogP contribution is 2.42. The van der Waals surface area contributed by atoms with Gasteiger partial charge in [-0.05, 0) is 85.7 Å². The van der Waals surface area contributed by atoms with Crippen molar-refractivity contribution < 1.29 is 4.74 Å². The molecule has 0 aliphatic carbocycles. The third-order valence-electron chi connectivity index (χ3n) is 6.57. The standard InChI is InChI=1S/C28H27ClN4OS/c1-18-15-24(19(2)33(18)22-8-6-7-21(29)16-22)27-26(25-9-4-5-14-30-25)31-28(35)32(27)17-20-10-12-23(34-3)13-11-20/h4-16,26-27H,17H2,1-3H3,(H,31,35)/t26-,27+/m1/s1. The number of methoxy groups -OCH3 is 1. The van der Waals surface area contributed by atoms with Crippen molar-refractivity contribution in [1.29, 1.82) is 0 Å². The summed E-state index contributed by atoms with van der Waals surface area (Å²) in [7, 11) is 1.68. The summed E-state index contributed by atoms with van der Waals surface area (Å²) in [5, 5.41) is 4.99. The molecule has 4 aromatic rings. The van der Waals surface area contributed by atoms with Gasteiger partial charge in [-0.25, -0.2) is 0 Å². The monoisotopic (exact) mass is 502 g/mol. The minimum atomic E-state index is -0.0738. The first-order chi connectivity index (χ1) is 17.0. The highest BCUT2D eigenvalue weighted by atomic mass is 35.5. The summed E-state index contributed by atoms with van der Waals surface area (Å²) >= 11 is 12.2. The molecule has 0 unspecified atom stereocenters. The van der Waals surface area contributed by atoms with Crippen molar-refractivity contribution in [3.05, 3.63) is 112 Å². The molecule has 5 rings (SSSR count). The fraction of sp³-hybridized carbons (Fsp3) is 0.214. The molecule has 1 saturated heterocycles. The highest BCUT2D eigenvalue weighted by molar-refractivity contribution is 7.80. The lowest BCUT2D eigenvalue weighted by Gasteiger charge is -2.28. The predicted molar refractivity (Wildman–Crippen MR) is 144 cm³/mol. The number of nitrogens with one attached hydrogen (secondary N) is 1. The summed E-state index contributed by atoms with van der Waals surface area (Å²) in [6.45, 7) is 4.96. The molecular weight excluding hydrogens is 476 g/mol. The molecular formula is C28H27ClN4OS. The Morgan fingerprint density at radius 3 is 2.51 bits per heavy atom. The van der Waals surface area contributed by atoms with Gasteiger partial charge in [-0.2, -0.15) is 0 Å². The van der Waals surface area contributed by atoms with Gasteiger partial charge in [-0.3, -0.25) is 4.98 Å². The van der Waals surface area contributed by atoms with Crippen LogP contribution in [0.3, 0.4) is 0 Å². The second kappa shape index (κ2) is 9.72. The van der Waals surface area contributed by atoms with E-state index in [1.165, 1.54) is 5.56 Å². The van der Waals surface area contributed by atoms with E-state index in [0.29, 0.717) is 16.7 Å². The Balaban J connectivity index is 1.60. The van der Waals surface area contributed by atoms with Crippen LogP contribution in [0.4, 0.5) is 0 Å². The number of benzene rings is 2. The van der Waals surface area contributed by atoms with Crippen molar-refractivity contribution in [3.63, 3.8) is 0 Å².